The lowest BCUT2D eigenvalue weighted by Gasteiger charge is -2.42. The fraction of sp³-hybridized carbons (Fsp3) is 0.471. The van der Waals surface area contributed by atoms with Crippen molar-refractivity contribution in [3.8, 4) is 0 Å². The Morgan fingerprint density at radius 3 is 2.72 bits per heavy atom. The van der Waals surface area contributed by atoms with Crippen LogP contribution >= 0.6 is 11.8 Å². The van der Waals surface area contributed by atoms with Crippen LogP contribution in [0.5, 0.6) is 0 Å². The first kappa shape index (κ1) is 16.4. The lowest BCUT2D eigenvalue weighted by atomic mass is 9.97. The smallest absolute Gasteiger partial charge is 0.342 e. The number of esters is 2. The van der Waals surface area contributed by atoms with Crippen molar-refractivity contribution < 1.29 is 28.6 Å². The van der Waals surface area contributed by atoms with Crippen LogP contribution < -0.4 is 0 Å². The molecule has 3 aliphatic rings. The van der Waals surface area contributed by atoms with E-state index in [0.29, 0.717) is 11.1 Å². The molecule has 0 bridgehead atoms. The molecule has 4 rings (SSSR count). The fourth-order valence-corrected chi connectivity index (χ4v) is 5.20. The zero-order valence-corrected chi connectivity index (χ0v) is 14.7. The van der Waals surface area contributed by atoms with Crippen molar-refractivity contribution in [1.29, 1.82) is 0 Å². The summed E-state index contributed by atoms with van der Waals surface area (Å²) in [6.45, 7) is 3.77. The number of hydrogen-bond donors (Lipinski definition) is 0. The summed E-state index contributed by atoms with van der Waals surface area (Å²) in [6, 6.07) is 6.02. The van der Waals surface area contributed by atoms with Crippen LogP contribution in [0, 0.1) is 0 Å². The maximum absolute atomic E-state index is 12.8. The molecule has 1 unspecified atom stereocenters. The minimum absolute atomic E-state index is 0.205. The van der Waals surface area contributed by atoms with E-state index in [4.69, 9.17) is 14.2 Å². The van der Waals surface area contributed by atoms with Crippen LogP contribution in [0.1, 0.15) is 36.1 Å². The van der Waals surface area contributed by atoms with Gasteiger partial charge in [0.25, 0.3) is 12.2 Å². The Morgan fingerprint density at radius 2 is 2.00 bits per heavy atom. The van der Waals surface area contributed by atoms with Crippen LogP contribution in [0.15, 0.2) is 24.3 Å². The monoisotopic (exact) mass is 363 g/mol. The summed E-state index contributed by atoms with van der Waals surface area (Å²) >= 11 is 1.51. The molecule has 0 spiro atoms. The van der Waals surface area contributed by atoms with Gasteiger partial charge >= 0.3 is 11.9 Å². The van der Waals surface area contributed by atoms with Crippen LogP contribution in [0.2, 0.25) is 0 Å². The molecule has 0 aromatic heterocycles. The molecule has 0 saturated carbocycles. The summed E-state index contributed by atoms with van der Waals surface area (Å²) in [6.07, 6.45) is -1.61. The number of β-lactam (4-membered cyclic amide) rings is 1. The molecule has 132 valence electrons. The van der Waals surface area contributed by atoms with Crippen LogP contribution in [0.25, 0.3) is 0 Å². The molecule has 2 fully saturated rings. The number of ether oxygens (including phenoxy) is 3. The minimum Gasteiger partial charge on any atom is -0.419 e. The van der Waals surface area contributed by atoms with Crippen LogP contribution in [-0.4, -0.2) is 52.1 Å². The third-order valence-corrected chi connectivity index (χ3v) is 6.29. The highest BCUT2D eigenvalue weighted by Gasteiger charge is 2.64. The first-order chi connectivity index (χ1) is 11.8. The molecule has 0 radical (unpaired) electrons. The standard InChI is InChI=1S/C17H17NO6S/c1-17(2)11(18-12(19)10(22-3)13(18)25-17)15(21)24-16-9-7-5-4-6-8(9)14(20)23-16/h4-7,10-11,13,16H,1-3H3/t10-,11+,13-,16?/m1/s1. The lowest BCUT2D eigenvalue weighted by molar-refractivity contribution is -0.186. The summed E-state index contributed by atoms with van der Waals surface area (Å²) in [7, 11) is 1.48. The van der Waals surface area contributed by atoms with Gasteiger partial charge in [0.2, 0.25) is 0 Å². The Hall–Kier alpha value is -2.06. The van der Waals surface area contributed by atoms with E-state index >= 15 is 0 Å². The van der Waals surface area contributed by atoms with Gasteiger partial charge in [-0.15, -0.1) is 11.8 Å². The maximum Gasteiger partial charge on any atom is 0.342 e. The highest BCUT2D eigenvalue weighted by Crippen LogP contribution is 2.52. The second-order valence-electron chi connectivity index (χ2n) is 6.68. The number of rotatable bonds is 3. The molecule has 7 nitrogen and oxygen atoms in total. The summed E-state index contributed by atoms with van der Waals surface area (Å²) < 4.78 is 15.3. The summed E-state index contributed by atoms with van der Waals surface area (Å²) in [5.41, 5.74) is 0.906. The number of nitrogens with zero attached hydrogens (tertiary/aromatic N) is 1. The molecule has 0 aliphatic carbocycles. The average molecular weight is 363 g/mol. The van der Waals surface area contributed by atoms with E-state index in [0.717, 1.165) is 0 Å². The van der Waals surface area contributed by atoms with Crippen molar-refractivity contribution in [3.05, 3.63) is 35.4 Å². The first-order valence-corrected chi connectivity index (χ1v) is 8.76. The second kappa shape index (κ2) is 5.47. The molecular formula is C17H17NO6S. The van der Waals surface area contributed by atoms with Gasteiger partial charge in [-0.05, 0) is 19.9 Å². The van der Waals surface area contributed by atoms with E-state index in [1.807, 2.05) is 13.8 Å². The fourth-order valence-electron chi connectivity index (χ4n) is 3.55. The summed E-state index contributed by atoms with van der Waals surface area (Å²) in [5, 5.41) is -0.205. The molecule has 1 aromatic carbocycles. The van der Waals surface area contributed by atoms with Gasteiger partial charge in [0.05, 0.1) is 5.56 Å². The number of methoxy groups -OCH3 is 1. The third-order valence-electron chi connectivity index (χ3n) is 4.74. The van der Waals surface area contributed by atoms with Crippen molar-refractivity contribution in [2.24, 2.45) is 0 Å². The van der Waals surface area contributed by atoms with Crippen molar-refractivity contribution in [1.82, 2.24) is 4.90 Å². The lowest BCUT2D eigenvalue weighted by Crippen LogP contribution is -2.66. The number of fused-ring (bicyclic) bond motifs is 2. The number of carbonyl (C=O) groups is 3. The Kier molecular flexibility index (Phi) is 3.59. The Balaban J connectivity index is 1.56. The number of amides is 1. The van der Waals surface area contributed by atoms with E-state index in [-0.39, 0.29) is 11.3 Å². The zero-order valence-electron chi connectivity index (χ0n) is 13.9. The van der Waals surface area contributed by atoms with E-state index in [1.54, 1.807) is 24.3 Å². The van der Waals surface area contributed by atoms with Gasteiger partial charge in [0.1, 0.15) is 11.4 Å². The molecule has 1 aromatic rings. The topological polar surface area (TPSA) is 82.1 Å². The Labute approximate surface area is 148 Å². The van der Waals surface area contributed by atoms with E-state index < -0.39 is 35.1 Å². The summed E-state index contributed by atoms with van der Waals surface area (Å²) in [5.74, 6) is -1.33. The quantitative estimate of drug-likeness (QED) is 0.594. The van der Waals surface area contributed by atoms with E-state index in [1.165, 1.54) is 23.8 Å². The third kappa shape index (κ3) is 2.27. The molecule has 4 atom stereocenters. The molecule has 2 saturated heterocycles. The number of cyclic esters (lactones) is 1. The van der Waals surface area contributed by atoms with E-state index in [9.17, 15) is 14.4 Å². The zero-order chi connectivity index (χ0) is 17.9. The molecule has 25 heavy (non-hydrogen) atoms. The minimum atomic E-state index is -1.08. The van der Waals surface area contributed by atoms with Crippen LogP contribution in [0.4, 0.5) is 0 Å². The maximum atomic E-state index is 12.8. The van der Waals surface area contributed by atoms with Crippen molar-refractivity contribution in [2.45, 2.75) is 42.4 Å². The van der Waals surface area contributed by atoms with Gasteiger partial charge in [-0.25, -0.2) is 9.59 Å². The van der Waals surface area contributed by atoms with Gasteiger partial charge in [-0.1, -0.05) is 18.2 Å². The highest BCUT2D eigenvalue weighted by atomic mass is 32.2. The predicted octanol–water partition coefficient (Wildman–Crippen LogP) is 1.48. The van der Waals surface area contributed by atoms with Crippen molar-refractivity contribution >= 4 is 29.6 Å². The van der Waals surface area contributed by atoms with Gasteiger partial charge in [0, 0.05) is 17.4 Å². The highest BCUT2D eigenvalue weighted by molar-refractivity contribution is 8.01. The Bertz CT molecular complexity index is 778. The first-order valence-electron chi connectivity index (χ1n) is 7.88. The molecule has 3 aliphatic heterocycles. The predicted molar refractivity (Wildman–Crippen MR) is 87.6 cm³/mol. The molecular weight excluding hydrogens is 346 g/mol. The summed E-state index contributed by atoms with van der Waals surface area (Å²) in [4.78, 5) is 38.4. The molecule has 1 amide bonds. The van der Waals surface area contributed by atoms with E-state index in [2.05, 4.69) is 0 Å². The molecule has 0 N–H and O–H groups in total. The second-order valence-corrected chi connectivity index (χ2v) is 8.45. The largest absolute Gasteiger partial charge is 0.419 e. The van der Waals surface area contributed by atoms with Gasteiger partial charge in [-0.3, -0.25) is 4.79 Å². The Morgan fingerprint density at radius 1 is 1.28 bits per heavy atom. The molecule has 8 heteroatoms. The normalized spacial score (nSPS) is 31.9. The van der Waals surface area contributed by atoms with Crippen molar-refractivity contribution in [2.75, 3.05) is 7.11 Å². The van der Waals surface area contributed by atoms with Crippen molar-refractivity contribution in [3.63, 3.8) is 0 Å². The van der Waals surface area contributed by atoms with Gasteiger partial charge < -0.3 is 19.1 Å². The number of benzene rings is 1. The SMILES string of the molecule is CO[C@@H]1C(=O)N2[C@@H]1SC(C)(C)[C@@H]2C(=O)OC1OC(=O)c2ccccc21. The van der Waals surface area contributed by atoms with Gasteiger partial charge in [0.15, 0.2) is 6.10 Å². The molecule has 3 heterocycles. The average Bonchev–Trinajstić information content (AvgIpc) is 3.01. The number of thioether (sulfide) groups is 1. The van der Waals surface area contributed by atoms with Gasteiger partial charge in [-0.2, -0.15) is 0 Å². The van der Waals surface area contributed by atoms with Crippen LogP contribution in [0.3, 0.4) is 0 Å². The van der Waals surface area contributed by atoms with Crippen LogP contribution in [-0.2, 0) is 23.8 Å². The number of hydrogen-bond acceptors (Lipinski definition) is 7. The number of carbonyl (C=O) groups excluding carboxylic acids is 3.